The number of rotatable bonds is 5. The molecule has 2 heteroatoms. The Hall–Kier alpha value is -0.0800. The van der Waals surface area contributed by atoms with Crippen LogP contribution in [0.3, 0.4) is 0 Å². The first-order valence-electron chi connectivity index (χ1n) is 5.63. The molecule has 2 N–H and O–H groups in total. The van der Waals surface area contributed by atoms with Gasteiger partial charge in [-0.05, 0) is 17.8 Å². The summed E-state index contributed by atoms with van der Waals surface area (Å²) in [5.74, 6) is 0.532. The van der Waals surface area contributed by atoms with Crippen molar-refractivity contribution in [3.05, 3.63) is 0 Å². The fourth-order valence-corrected chi connectivity index (χ4v) is 2.03. The third-order valence-electron chi connectivity index (χ3n) is 2.86. The summed E-state index contributed by atoms with van der Waals surface area (Å²) in [6.07, 6.45) is 2.51. The second-order valence-electron chi connectivity index (χ2n) is 5.37. The molecule has 0 saturated heterocycles. The first-order valence-corrected chi connectivity index (χ1v) is 5.63. The zero-order valence-electron chi connectivity index (χ0n) is 10.6. The molecule has 3 unspecified atom stereocenters. The lowest BCUT2D eigenvalue weighted by molar-refractivity contribution is -0.0147. The number of ether oxygens (including phenoxy) is 1. The summed E-state index contributed by atoms with van der Waals surface area (Å²) in [6, 6.07) is 0.139. The Kier molecular flexibility index (Phi) is 5.68. The van der Waals surface area contributed by atoms with Crippen LogP contribution in [0.15, 0.2) is 0 Å². The number of hydrogen-bond donors (Lipinski definition) is 1. The minimum atomic E-state index is 0.121. The molecule has 0 rings (SSSR count). The lowest BCUT2D eigenvalue weighted by atomic mass is 9.79. The van der Waals surface area contributed by atoms with Gasteiger partial charge in [-0.1, -0.05) is 41.0 Å². The van der Waals surface area contributed by atoms with Gasteiger partial charge in [0, 0.05) is 13.2 Å². The van der Waals surface area contributed by atoms with E-state index in [0.717, 1.165) is 0 Å². The van der Waals surface area contributed by atoms with Crippen molar-refractivity contribution in [1.29, 1.82) is 0 Å². The van der Waals surface area contributed by atoms with E-state index < -0.39 is 0 Å². The second kappa shape index (κ2) is 5.72. The molecule has 0 amide bonds. The van der Waals surface area contributed by atoms with Crippen molar-refractivity contribution < 1.29 is 4.74 Å². The van der Waals surface area contributed by atoms with Crippen molar-refractivity contribution in [2.75, 3.05) is 7.11 Å². The molecule has 14 heavy (non-hydrogen) atoms. The van der Waals surface area contributed by atoms with Crippen LogP contribution in [0.1, 0.15) is 47.5 Å². The highest BCUT2D eigenvalue weighted by molar-refractivity contribution is 4.86. The van der Waals surface area contributed by atoms with Crippen LogP contribution in [-0.4, -0.2) is 19.3 Å². The van der Waals surface area contributed by atoms with Gasteiger partial charge in [0.15, 0.2) is 0 Å². The summed E-state index contributed by atoms with van der Waals surface area (Å²) in [6.45, 7) is 11.0. The summed E-state index contributed by atoms with van der Waals surface area (Å²) >= 11 is 0. The predicted octanol–water partition coefficient (Wildman–Crippen LogP) is 2.81. The molecule has 0 aromatic carbocycles. The largest absolute Gasteiger partial charge is 0.379 e. The Bertz CT molecular complexity index is 151. The van der Waals surface area contributed by atoms with Crippen molar-refractivity contribution in [3.8, 4) is 0 Å². The standard InChI is InChI=1S/C12H27NO/c1-7-8-9(2)10(13)11(14-6)12(3,4)5/h9-11H,7-8,13H2,1-6H3. The highest BCUT2D eigenvalue weighted by Gasteiger charge is 2.32. The van der Waals surface area contributed by atoms with Gasteiger partial charge in [-0.3, -0.25) is 0 Å². The van der Waals surface area contributed by atoms with Crippen molar-refractivity contribution in [3.63, 3.8) is 0 Å². The van der Waals surface area contributed by atoms with Gasteiger partial charge in [-0.15, -0.1) is 0 Å². The van der Waals surface area contributed by atoms with E-state index in [0.29, 0.717) is 5.92 Å². The zero-order valence-corrected chi connectivity index (χ0v) is 10.6. The van der Waals surface area contributed by atoms with E-state index in [2.05, 4.69) is 34.6 Å². The van der Waals surface area contributed by atoms with Crippen LogP contribution in [0.4, 0.5) is 0 Å². The monoisotopic (exact) mass is 201 g/mol. The van der Waals surface area contributed by atoms with Crippen LogP contribution in [0.2, 0.25) is 0 Å². The Labute approximate surface area is 89.2 Å². The maximum absolute atomic E-state index is 6.22. The highest BCUT2D eigenvalue weighted by atomic mass is 16.5. The molecule has 0 radical (unpaired) electrons. The molecule has 0 aliphatic rings. The quantitative estimate of drug-likeness (QED) is 0.742. The molecule has 0 fully saturated rings. The van der Waals surface area contributed by atoms with Crippen LogP contribution in [0, 0.1) is 11.3 Å². The van der Waals surface area contributed by atoms with Gasteiger partial charge in [0.05, 0.1) is 6.10 Å². The Balaban J connectivity index is 4.38. The molecule has 3 atom stereocenters. The highest BCUT2D eigenvalue weighted by Crippen LogP contribution is 2.27. The summed E-state index contributed by atoms with van der Waals surface area (Å²) in [4.78, 5) is 0. The van der Waals surface area contributed by atoms with Crippen molar-refractivity contribution in [1.82, 2.24) is 0 Å². The normalized spacial score (nSPS) is 19.1. The van der Waals surface area contributed by atoms with Gasteiger partial charge >= 0.3 is 0 Å². The van der Waals surface area contributed by atoms with Crippen molar-refractivity contribution >= 4 is 0 Å². The number of nitrogens with two attached hydrogens (primary N) is 1. The molecular formula is C12H27NO. The maximum Gasteiger partial charge on any atom is 0.0772 e. The summed E-state index contributed by atoms with van der Waals surface area (Å²) in [5, 5.41) is 0. The number of methoxy groups -OCH3 is 1. The zero-order chi connectivity index (χ0) is 11.4. The molecule has 0 heterocycles. The van der Waals surface area contributed by atoms with Crippen LogP contribution in [0.25, 0.3) is 0 Å². The summed E-state index contributed by atoms with van der Waals surface area (Å²) in [7, 11) is 1.76. The fraction of sp³-hybridized carbons (Fsp3) is 1.00. The minimum absolute atomic E-state index is 0.121. The van der Waals surface area contributed by atoms with E-state index in [1.165, 1.54) is 12.8 Å². The van der Waals surface area contributed by atoms with Gasteiger partial charge in [-0.25, -0.2) is 0 Å². The van der Waals surface area contributed by atoms with Gasteiger partial charge in [0.1, 0.15) is 0 Å². The average molecular weight is 201 g/mol. The fourth-order valence-electron chi connectivity index (χ4n) is 2.03. The minimum Gasteiger partial charge on any atom is -0.379 e. The van der Waals surface area contributed by atoms with Crippen LogP contribution in [0.5, 0.6) is 0 Å². The van der Waals surface area contributed by atoms with Gasteiger partial charge in [-0.2, -0.15) is 0 Å². The molecular weight excluding hydrogens is 174 g/mol. The molecule has 0 aromatic heterocycles. The van der Waals surface area contributed by atoms with E-state index in [9.17, 15) is 0 Å². The molecule has 0 spiro atoms. The van der Waals surface area contributed by atoms with Gasteiger partial charge < -0.3 is 10.5 Å². The Morgan fingerprint density at radius 1 is 1.29 bits per heavy atom. The van der Waals surface area contributed by atoms with Crippen molar-refractivity contribution in [2.24, 2.45) is 17.1 Å². The third kappa shape index (κ3) is 3.97. The first-order chi connectivity index (χ1) is 6.34. The molecule has 0 bridgehead atoms. The van der Waals surface area contributed by atoms with Gasteiger partial charge in [0.2, 0.25) is 0 Å². The number of hydrogen-bond acceptors (Lipinski definition) is 2. The molecule has 86 valence electrons. The second-order valence-corrected chi connectivity index (χ2v) is 5.37. The van der Waals surface area contributed by atoms with E-state index in [-0.39, 0.29) is 17.6 Å². The summed E-state index contributed by atoms with van der Waals surface area (Å²) < 4.78 is 5.52. The van der Waals surface area contributed by atoms with E-state index in [4.69, 9.17) is 10.5 Å². The molecule has 0 aromatic rings. The van der Waals surface area contributed by atoms with Crippen LogP contribution >= 0.6 is 0 Å². The molecule has 0 aliphatic heterocycles. The van der Waals surface area contributed by atoms with E-state index in [1.54, 1.807) is 7.11 Å². The Morgan fingerprint density at radius 2 is 1.79 bits per heavy atom. The Morgan fingerprint density at radius 3 is 2.07 bits per heavy atom. The van der Waals surface area contributed by atoms with Crippen LogP contribution in [-0.2, 0) is 4.74 Å². The van der Waals surface area contributed by atoms with E-state index >= 15 is 0 Å². The lowest BCUT2D eigenvalue weighted by Crippen LogP contribution is -2.48. The van der Waals surface area contributed by atoms with Gasteiger partial charge in [0.25, 0.3) is 0 Å². The maximum atomic E-state index is 6.22. The van der Waals surface area contributed by atoms with Crippen LogP contribution < -0.4 is 5.73 Å². The van der Waals surface area contributed by atoms with E-state index in [1.807, 2.05) is 0 Å². The summed E-state index contributed by atoms with van der Waals surface area (Å²) in [5.41, 5.74) is 6.34. The average Bonchev–Trinajstić information content (AvgIpc) is 2.03. The smallest absolute Gasteiger partial charge is 0.0772 e. The van der Waals surface area contributed by atoms with Crippen molar-refractivity contribution in [2.45, 2.75) is 59.6 Å². The SMILES string of the molecule is CCCC(C)C(N)C(OC)C(C)(C)C. The predicted molar refractivity (Wildman–Crippen MR) is 62.3 cm³/mol. The molecule has 0 aliphatic carbocycles. The lowest BCUT2D eigenvalue weighted by Gasteiger charge is -2.36. The first kappa shape index (κ1) is 13.9. The topological polar surface area (TPSA) is 35.2 Å². The third-order valence-corrected chi connectivity index (χ3v) is 2.86. The molecule has 2 nitrogen and oxygen atoms in total. The molecule has 0 saturated carbocycles.